The summed E-state index contributed by atoms with van der Waals surface area (Å²) in [6.45, 7) is 2.26. The van der Waals surface area contributed by atoms with Crippen LogP contribution in [0.15, 0.2) is 24.4 Å². The number of hydrogen-bond donors (Lipinski definition) is 2. The molecule has 2 N–H and O–H groups in total. The number of unbranched alkanes of at least 4 members (excludes halogenated alkanes) is 1. The average molecular weight is 289 g/mol. The number of carbonyl (C=O) groups is 1. The summed E-state index contributed by atoms with van der Waals surface area (Å²) in [5.74, 6) is -1.97. The quantitative estimate of drug-likeness (QED) is 0.784. The minimum absolute atomic E-state index is 0.0355. The first-order chi connectivity index (χ1) is 10.1. The molecule has 0 saturated heterocycles. The van der Waals surface area contributed by atoms with Crippen LogP contribution in [0.25, 0.3) is 11.5 Å². The van der Waals surface area contributed by atoms with Gasteiger partial charge in [-0.25, -0.2) is 9.78 Å². The van der Waals surface area contributed by atoms with Gasteiger partial charge in [0.25, 0.3) is 5.88 Å². The molecule has 0 aliphatic rings. The standard InChI is InChI=1S/C14H15N3O4/c1-2-3-8-21-11-10(14(19)20)16-12(17-13(11)18)9-6-4-5-7-15-9/h4-7H,2-3,8H2,1H3,(H,19,20)(H,16,17,18). The summed E-state index contributed by atoms with van der Waals surface area (Å²) in [7, 11) is 0. The second-order valence-electron chi connectivity index (χ2n) is 4.27. The Bertz CT molecular complexity index is 632. The minimum Gasteiger partial charge on any atom is -0.491 e. The van der Waals surface area contributed by atoms with Crippen LogP contribution >= 0.6 is 0 Å². The predicted octanol–water partition coefficient (Wildman–Crippen LogP) is 2.12. The molecule has 0 spiro atoms. The third-order valence-corrected chi connectivity index (χ3v) is 2.69. The molecule has 0 aromatic carbocycles. The molecule has 0 unspecified atom stereocenters. The van der Waals surface area contributed by atoms with E-state index < -0.39 is 11.8 Å². The SMILES string of the molecule is CCCCOc1c(O)nc(-c2ccccn2)nc1C(=O)O. The molecule has 7 heteroatoms. The van der Waals surface area contributed by atoms with Crippen LogP contribution < -0.4 is 4.74 Å². The molecule has 21 heavy (non-hydrogen) atoms. The van der Waals surface area contributed by atoms with E-state index in [4.69, 9.17) is 4.74 Å². The Morgan fingerprint density at radius 3 is 2.76 bits per heavy atom. The molecular weight excluding hydrogens is 274 g/mol. The maximum atomic E-state index is 11.3. The highest BCUT2D eigenvalue weighted by atomic mass is 16.5. The molecule has 0 amide bonds. The Kier molecular flexibility index (Phi) is 4.65. The molecule has 7 nitrogen and oxygen atoms in total. The number of carboxylic acid groups (broad SMARTS) is 1. The van der Waals surface area contributed by atoms with Gasteiger partial charge in [-0.15, -0.1) is 0 Å². The number of rotatable bonds is 6. The summed E-state index contributed by atoms with van der Waals surface area (Å²) >= 11 is 0. The van der Waals surface area contributed by atoms with E-state index in [1.165, 1.54) is 6.20 Å². The largest absolute Gasteiger partial charge is 0.491 e. The van der Waals surface area contributed by atoms with Crippen molar-refractivity contribution in [3.8, 4) is 23.1 Å². The van der Waals surface area contributed by atoms with Crippen molar-refractivity contribution in [2.24, 2.45) is 0 Å². The number of aromatic nitrogens is 3. The van der Waals surface area contributed by atoms with Gasteiger partial charge in [0.15, 0.2) is 11.5 Å². The predicted molar refractivity (Wildman–Crippen MR) is 74.3 cm³/mol. The number of aromatic carboxylic acids is 1. The lowest BCUT2D eigenvalue weighted by Crippen LogP contribution is -2.09. The van der Waals surface area contributed by atoms with Crippen molar-refractivity contribution >= 4 is 5.97 Å². The van der Waals surface area contributed by atoms with E-state index in [1.807, 2.05) is 6.92 Å². The van der Waals surface area contributed by atoms with E-state index >= 15 is 0 Å². The van der Waals surface area contributed by atoms with Gasteiger partial charge >= 0.3 is 5.97 Å². The fourth-order valence-electron chi connectivity index (χ4n) is 1.64. The van der Waals surface area contributed by atoms with Crippen molar-refractivity contribution in [1.82, 2.24) is 15.0 Å². The Morgan fingerprint density at radius 1 is 1.33 bits per heavy atom. The van der Waals surface area contributed by atoms with Crippen LogP contribution in [-0.2, 0) is 0 Å². The molecule has 2 aromatic heterocycles. The van der Waals surface area contributed by atoms with E-state index in [0.717, 1.165) is 12.8 Å². The van der Waals surface area contributed by atoms with Gasteiger partial charge in [0.2, 0.25) is 5.75 Å². The van der Waals surface area contributed by atoms with E-state index in [0.29, 0.717) is 5.69 Å². The lowest BCUT2D eigenvalue weighted by molar-refractivity contribution is 0.0683. The number of pyridine rings is 1. The van der Waals surface area contributed by atoms with Crippen LogP contribution in [0, 0.1) is 0 Å². The van der Waals surface area contributed by atoms with Crippen molar-refractivity contribution in [2.75, 3.05) is 6.61 Å². The maximum Gasteiger partial charge on any atom is 0.358 e. The average Bonchev–Trinajstić information content (AvgIpc) is 2.49. The van der Waals surface area contributed by atoms with Gasteiger partial charge in [0.05, 0.1) is 6.61 Å². The van der Waals surface area contributed by atoms with E-state index in [9.17, 15) is 15.0 Å². The minimum atomic E-state index is -1.30. The molecular formula is C14H15N3O4. The molecule has 2 aromatic rings. The van der Waals surface area contributed by atoms with Crippen molar-refractivity contribution in [2.45, 2.75) is 19.8 Å². The number of ether oxygens (including phenoxy) is 1. The zero-order chi connectivity index (χ0) is 15.2. The highest BCUT2D eigenvalue weighted by Crippen LogP contribution is 2.29. The van der Waals surface area contributed by atoms with Gasteiger partial charge in [-0.1, -0.05) is 19.4 Å². The first-order valence-electron chi connectivity index (χ1n) is 6.52. The monoisotopic (exact) mass is 289 g/mol. The number of hydrogen-bond acceptors (Lipinski definition) is 6. The van der Waals surface area contributed by atoms with Gasteiger partial charge in [-0.05, 0) is 18.6 Å². The Balaban J connectivity index is 2.42. The van der Waals surface area contributed by atoms with Crippen LogP contribution in [0.5, 0.6) is 11.6 Å². The fourth-order valence-corrected chi connectivity index (χ4v) is 1.64. The summed E-state index contributed by atoms with van der Waals surface area (Å²) in [6.07, 6.45) is 3.15. The maximum absolute atomic E-state index is 11.3. The molecule has 2 heterocycles. The van der Waals surface area contributed by atoms with E-state index in [2.05, 4.69) is 15.0 Å². The van der Waals surface area contributed by atoms with Crippen molar-refractivity contribution < 1.29 is 19.7 Å². The summed E-state index contributed by atoms with van der Waals surface area (Å²) in [5.41, 5.74) is -0.00494. The number of aromatic hydroxyl groups is 1. The first-order valence-corrected chi connectivity index (χ1v) is 6.52. The zero-order valence-corrected chi connectivity index (χ0v) is 11.5. The molecule has 110 valence electrons. The normalized spacial score (nSPS) is 10.3. The first kappa shape index (κ1) is 14.7. The van der Waals surface area contributed by atoms with Crippen LogP contribution in [0.3, 0.4) is 0 Å². The summed E-state index contributed by atoms with van der Waals surface area (Å²) < 4.78 is 5.28. The number of nitrogens with zero attached hydrogens (tertiary/aromatic N) is 3. The van der Waals surface area contributed by atoms with Crippen LogP contribution in [0.4, 0.5) is 0 Å². The lowest BCUT2D eigenvalue weighted by Gasteiger charge is -2.10. The Morgan fingerprint density at radius 2 is 2.14 bits per heavy atom. The summed E-state index contributed by atoms with van der Waals surface area (Å²) in [4.78, 5) is 23.1. The zero-order valence-electron chi connectivity index (χ0n) is 11.5. The molecule has 2 rings (SSSR count). The summed E-state index contributed by atoms with van der Waals surface area (Å²) in [6, 6.07) is 5.05. The molecule has 0 radical (unpaired) electrons. The van der Waals surface area contributed by atoms with Gasteiger partial charge in [-0.2, -0.15) is 4.98 Å². The van der Waals surface area contributed by atoms with Gasteiger partial charge in [0, 0.05) is 6.20 Å². The highest BCUT2D eigenvalue weighted by Gasteiger charge is 2.22. The van der Waals surface area contributed by atoms with E-state index in [-0.39, 0.29) is 23.9 Å². The van der Waals surface area contributed by atoms with Crippen molar-refractivity contribution in [1.29, 1.82) is 0 Å². The third-order valence-electron chi connectivity index (χ3n) is 2.69. The Labute approximate surface area is 121 Å². The topological polar surface area (TPSA) is 105 Å². The van der Waals surface area contributed by atoms with Crippen molar-refractivity contribution in [3.05, 3.63) is 30.1 Å². The van der Waals surface area contributed by atoms with Gasteiger partial charge < -0.3 is 14.9 Å². The highest BCUT2D eigenvalue weighted by molar-refractivity contribution is 5.90. The second-order valence-corrected chi connectivity index (χ2v) is 4.27. The van der Waals surface area contributed by atoms with Crippen molar-refractivity contribution in [3.63, 3.8) is 0 Å². The lowest BCUT2D eigenvalue weighted by atomic mass is 10.3. The second kappa shape index (κ2) is 6.65. The molecule has 0 bridgehead atoms. The van der Waals surface area contributed by atoms with Gasteiger partial charge in [0.1, 0.15) is 5.69 Å². The van der Waals surface area contributed by atoms with Crippen LogP contribution in [-0.4, -0.2) is 37.7 Å². The molecule has 0 aliphatic carbocycles. The van der Waals surface area contributed by atoms with Crippen LogP contribution in [0.2, 0.25) is 0 Å². The molecule has 0 atom stereocenters. The third kappa shape index (κ3) is 3.44. The fraction of sp³-hybridized carbons (Fsp3) is 0.286. The Hall–Kier alpha value is -2.70. The molecule has 0 aliphatic heterocycles. The van der Waals surface area contributed by atoms with E-state index in [1.54, 1.807) is 18.2 Å². The molecule has 0 fully saturated rings. The summed E-state index contributed by atoms with van der Waals surface area (Å²) in [5, 5.41) is 19.1. The number of carboxylic acids is 1. The van der Waals surface area contributed by atoms with Gasteiger partial charge in [-0.3, -0.25) is 4.98 Å². The van der Waals surface area contributed by atoms with Crippen LogP contribution in [0.1, 0.15) is 30.3 Å². The molecule has 0 saturated carbocycles. The smallest absolute Gasteiger partial charge is 0.358 e.